The number of para-hydroxylation sites is 1. The fraction of sp³-hybridized carbons (Fsp3) is 0.324. The molecule has 4 bridgehead atoms. The average Bonchev–Trinajstić information content (AvgIpc) is 3.61. The summed E-state index contributed by atoms with van der Waals surface area (Å²) >= 11 is 0. The molecule has 0 unspecified atom stereocenters. The summed E-state index contributed by atoms with van der Waals surface area (Å²) in [7, 11) is 0. The summed E-state index contributed by atoms with van der Waals surface area (Å²) < 4.78 is 3.80. The number of carbonyl (C=O) groups excluding carboxylic acids is 1. The third-order valence-electron chi connectivity index (χ3n) is 9.61. The summed E-state index contributed by atoms with van der Waals surface area (Å²) in [6, 6.07) is 26.8. The number of carbonyl (C=O) groups is 1. The second-order valence-corrected chi connectivity index (χ2v) is 12.4. The van der Waals surface area contributed by atoms with Gasteiger partial charge in [-0.05, 0) is 84.7 Å². The Morgan fingerprint density at radius 2 is 1.52 bits per heavy atom. The van der Waals surface area contributed by atoms with E-state index in [4.69, 9.17) is 10.2 Å². The van der Waals surface area contributed by atoms with Crippen molar-refractivity contribution in [3.8, 4) is 5.69 Å². The van der Waals surface area contributed by atoms with E-state index in [0.29, 0.717) is 17.9 Å². The Labute approximate surface area is 234 Å². The molecule has 4 saturated carbocycles. The molecular formula is C34H33N5O. The van der Waals surface area contributed by atoms with Crippen molar-refractivity contribution in [2.24, 2.45) is 17.8 Å². The second-order valence-electron chi connectivity index (χ2n) is 12.4. The number of nitrogens with zero attached hydrogens (tertiary/aromatic N) is 4. The van der Waals surface area contributed by atoms with Crippen LogP contribution >= 0.6 is 0 Å². The van der Waals surface area contributed by atoms with Crippen LogP contribution in [0.4, 0.5) is 5.82 Å². The summed E-state index contributed by atoms with van der Waals surface area (Å²) in [5.41, 5.74) is 3.87. The molecule has 0 radical (unpaired) electrons. The van der Waals surface area contributed by atoms with Gasteiger partial charge in [0.25, 0.3) is 5.91 Å². The number of aromatic nitrogens is 4. The maximum absolute atomic E-state index is 13.9. The highest BCUT2D eigenvalue weighted by Gasteiger charge is 2.54. The molecule has 4 aliphatic carbocycles. The maximum atomic E-state index is 13.9. The van der Waals surface area contributed by atoms with Gasteiger partial charge in [0.15, 0.2) is 5.82 Å². The van der Waals surface area contributed by atoms with Crippen molar-refractivity contribution in [1.82, 2.24) is 19.6 Å². The zero-order valence-corrected chi connectivity index (χ0v) is 22.5. The molecule has 1 N–H and O–H groups in total. The van der Waals surface area contributed by atoms with Gasteiger partial charge in [0.1, 0.15) is 0 Å². The summed E-state index contributed by atoms with van der Waals surface area (Å²) in [5, 5.41) is 15.4. The molecule has 9 rings (SSSR count). The van der Waals surface area contributed by atoms with E-state index in [2.05, 4.69) is 47.8 Å². The molecule has 4 aliphatic rings. The molecule has 4 fully saturated rings. The van der Waals surface area contributed by atoms with Gasteiger partial charge >= 0.3 is 0 Å². The standard InChI is InChI=1S/C34H33N5O/c40-33(35-31-13-14-38(36-31)21-27-9-6-8-26-7-4-5-12-29(26)27)30-22-39(28-10-2-1-3-11-28)37-32(30)34-18-23-15-24(19-34)17-25(16-23)20-34/h1-14,22-25H,15-21H2,(H,35,36,40). The van der Waals surface area contributed by atoms with Crippen molar-refractivity contribution in [3.63, 3.8) is 0 Å². The van der Waals surface area contributed by atoms with E-state index in [1.165, 1.54) is 35.6 Å². The molecule has 200 valence electrons. The zero-order valence-electron chi connectivity index (χ0n) is 22.5. The smallest absolute Gasteiger partial charge is 0.260 e. The van der Waals surface area contributed by atoms with Crippen LogP contribution in [-0.2, 0) is 12.0 Å². The Morgan fingerprint density at radius 1 is 0.825 bits per heavy atom. The Kier molecular flexibility index (Phi) is 5.44. The number of rotatable bonds is 6. The Balaban J connectivity index is 1.10. The topological polar surface area (TPSA) is 64.7 Å². The van der Waals surface area contributed by atoms with Crippen LogP contribution in [0, 0.1) is 17.8 Å². The molecule has 1 amide bonds. The Bertz CT molecular complexity index is 1670. The molecule has 0 aliphatic heterocycles. The van der Waals surface area contributed by atoms with Crippen molar-refractivity contribution in [2.45, 2.75) is 50.5 Å². The van der Waals surface area contributed by atoms with Crippen LogP contribution in [0.2, 0.25) is 0 Å². The van der Waals surface area contributed by atoms with Crippen LogP contribution in [-0.4, -0.2) is 25.5 Å². The number of fused-ring (bicyclic) bond motifs is 1. The van der Waals surface area contributed by atoms with E-state index >= 15 is 0 Å². The van der Waals surface area contributed by atoms with Crippen molar-refractivity contribution < 1.29 is 4.79 Å². The average molecular weight is 528 g/mol. The number of amides is 1. The van der Waals surface area contributed by atoms with Crippen LogP contribution in [0.1, 0.15) is 60.1 Å². The van der Waals surface area contributed by atoms with Crippen molar-refractivity contribution in [3.05, 3.63) is 108 Å². The molecule has 2 aromatic heterocycles. The molecule has 40 heavy (non-hydrogen) atoms. The van der Waals surface area contributed by atoms with E-state index in [9.17, 15) is 4.79 Å². The Morgan fingerprint density at radius 3 is 2.30 bits per heavy atom. The third-order valence-corrected chi connectivity index (χ3v) is 9.61. The van der Waals surface area contributed by atoms with Crippen LogP contribution in [0.15, 0.2) is 91.3 Å². The maximum Gasteiger partial charge on any atom is 0.260 e. The molecule has 3 aromatic carbocycles. The normalized spacial score (nSPS) is 24.9. The van der Waals surface area contributed by atoms with Crippen molar-refractivity contribution in [2.75, 3.05) is 5.32 Å². The van der Waals surface area contributed by atoms with Gasteiger partial charge in [0.2, 0.25) is 0 Å². The Hall–Kier alpha value is -4.19. The van der Waals surface area contributed by atoms with Gasteiger partial charge in [-0.15, -0.1) is 0 Å². The summed E-state index contributed by atoms with van der Waals surface area (Å²) in [6.07, 6.45) is 11.4. The van der Waals surface area contributed by atoms with Crippen LogP contribution in [0.5, 0.6) is 0 Å². The lowest BCUT2D eigenvalue weighted by Crippen LogP contribution is -2.49. The van der Waals surface area contributed by atoms with Gasteiger partial charge < -0.3 is 5.32 Å². The lowest BCUT2D eigenvalue weighted by atomic mass is 9.48. The number of hydrogen-bond acceptors (Lipinski definition) is 3. The number of benzene rings is 3. The number of anilines is 1. The first-order chi connectivity index (χ1) is 19.6. The van der Waals surface area contributed by atoms with Gasteiger partial charge in [-0.25, -0.2) is 4.68 Å². The lowest BCUT2D eigenvalue weighted by molar-refractivity contribution is -0.00765. The second kappa shape index (κ2) is 9.19. The van der Waals surface area contributed by atoms with Crippen molar-refractivity contribution >= 4 is 22.5 Å². The van der Waals surface area contributed by atoms with Crippen LogP contribution in [0.25, 0.3) is 16.5 Å². The zero-order chi connectivity index (χ0) is 26.7. The lowest BCUT2D eigenvalue weighted by Gasteiger charge is -2.56. The third kappa shape index (κ3) is 4.05. The van der Waals surface area contributed by atoms with Gasteiger partial charge in [0.05, 0.1) is 23.5 Å². The van der Waals surface area contributed by atoms with Crippen LogP contribution in [0.3, 0.4) is 0 Å². The predicted octanol–water partition coefficient (Wildman–Crippen LogP) is 6.99. The minimum atomic E-state index is -0.122. The van der Waals surface area contributed by atoms with E-state index in [1.54, 1.807) is 0 Å². The highest BCUT2D eigenvalue weighted by atomic mass is 16.1. The van der Waals surface area contributed by atoms with Gasteiger partial charge in [-0.2, -0.15) is 10.2 Å². The molecule has 2 heterocycles. The SMILES string of the molecule is O=C(Nc1ccn(Cc2cccc3ccccc23)n1)c1cn(-c2ccccc2)nc1C12CC3CC(CC(C3)C1)C2. The fourth-order valence-electron chi connectivity index (χ4n) is 8.35. The van der Waals surface area contributed by atoms with Crippen molar-refractivity contribution in [1.29, 1.82) is 0 Å². The summed E-state index contributed by atoms with van der Waals surface area (Å²) in [6.45, 7) is 0.641. The first-order valence-corrected chi connectivity index (χ1v) is 14.6. The van der Waals surface area contributed by atoms with Gasteiger partial charge in [-0.1, -0.05) is 60.7 Å². The van der Waals surface area contributed by atoms with E-state index in [1.807, 2.05) is 58.2 Å². The van der Waals surface area contributed by atoms with E-state index < -0.39 is 0 Å². The summed E-state index contributed by atoms with van der Waals surface area (Å²) in [5.74, 6) is 2.76. The molecule has 0 atom stereocenters. The predicted molar refractivity (Wildman–Crippen MR) is 157 cm³/mol. The molecule has 0 saturated heterocycles. The quantitative estimate of drug-likeness (QED) is 0.259. The highest BCUT2D eigenvalue weighted by Crippen LogP contribution is 2.61. The highest BCUT2D eigenvalue weighted by molar-refractivity contribution is 6.04. The van der Waals surface area contributed by atoms with Gasteiger partial charge in [-0.3, -0.25) is 9.48 Å². The first-order valence-electron chi connectivity index (χ1n) is 14.6. The largest absolute Gasteiger partial charge is 0.305 e. The molecular weight excluding hydrogens is 494 g/mol. The van der Waals surface area contributed by atoms with Gasteiger partial charge in [0, 0.05) is 23.9 Å². The molecule has 6 heteroatoms. The molecule has 0 spiro atoms. The number of nitrogens with one attached hydrogen (secondary N) is 1. The monoisotopic (exact) mass is 527 g/mol. The van der Waals surface area contributed by atoms with E-state index in [0.717, 1.165) is 48.4 Å². The first kappa shape index (κ1) is 23.7. The summed E-state index contributed by atoms with van der Waals surface area (Å²) in [4.78, 5) is 13.9. The minimum absolute atomic E-state index is 0.00911. The fourth-order valence-corrected chi connectivity index (χ4v) is 8.35. The molecule has 5 aromatic rings. The molecule has 6 nitrogen and oxygen atoms in total. The van der Waals surface area contributed by atoms with E-state index in [-0.39, 0.29) is 11.3 Å². The number of hydrogen-bond donors (Lipinski definition) is 1. The van der Waals surface area contributed by atoms with Crippen LogP contribution < -0.4 is 5.32 Å². The minimum Gasteiger partial charge on any atom is -0.305 e.